The minimum atomic E-state index is -0.134. The number of nitrogens with zero attached hydrogens (tertiary/aromatic N) is 1. The van der Waals surface area contributed by atoms with Crippen molar-refractivity contribution in [3.8, 4) is 0 Å². The second-order valence-corrected chi connectivity index (χ2v) is 5.21. The molecule has 0 spiro atoms. The maximum Gasteiger partial charge on any atom is 0.201 e. The molecule has 5 heteroatoms. The van der Waals surface area contributed by atoms with E-state index in [0.29, 0.717) is 32.3 Å². The molecule has 0 fully saturated rings. The molecule has 0 N–H and O–H groups in total. The van der Waals surface area contributed by atoms with E-state index in [-0.39, 0.29) is 5.43 Å². The molecule has 0 aliphatic heterocycles. The molecule has 2 aromatic carbocycles. The number of hydrogen-bond donors (Lipinski definition) is 0. The van der Waals surface area contributed by atoms with Crippen LogP contribution >= 0.6 is 23.2 Å². The largest absolute Gasteiger partial charge is 0.463 e. The minimum absolute atomic E-state index is 0.134. The fourth-order valence-corrected chi connectivity index (χ4v) is 2.36. The Bertz CT molecular complexity index is 900. The van der Waals surface area contributed by atoms with Gasteiger partial charge in [0.25, 0.3) is 0 Å². The number of fused-ring (bicyclic) bond motifs is 1. The van der Waals surface area contributed by atoms with Crippen molar-refractivity contribution in [2.24, 2.45) is 4.99 Å². The highest BCUT2D eigenvalue weighted by Crippen LogP contribution is 2.27. The zero-order chi connectivity index (χ0) is 14.8. The van der Waals surface area contributed by atoms with Crippen molar-refractivity contribution >= 4 is 46.1 Å². The summed E-state index contributed by atoms with van der Waals surface area (Å²) in [5.41, 5.74) is 1.31. The minimum Gasteiger partial charge on any atom is -0.463 e. The molecule has 21 heavy (non-hydrogen) atoms. The Hall–Kier alpha value is -2.10. The lowest BCUT2D eigenvalue weighted by molar-refractivity contribution is 0.601. The first-order valence-corrected chi connectivity index (χ1v) is 6.90. The summed E-state index contributed by atoms with van der Waals surface area (Å²) in [6.45, 7) is 0. The summed E-state index contributed by atoms with van der Waals surface area (Å²) in [4.78, 5) is 16.5. The highest BCUT2D eigenvalue weighted by molar-refractivity contribution is 6.36. The SMILES string of the molecule is O=c1c(C=Nc2ccc(Cl)cc2Cl)coc2ccccc12. The van der Waals surface area contributed by atoms with Gasteiger partial charge in [-0.1, -0.05) is 35.3 Å². The Kier molecular flexibility index (Phi) is 3.78. The zero-order valence-electron chi connectivity index (χ0n) is 10.7. The van der Waals surface area contributed by atoms with Crippen LogP contribution in [-0.2, 0) is 0 Å². The van der Waals surface area contributed by atoms with Crippen LogP contribution in [-0.4, -0.2) is 6.21 Å². The van der Waals surface area contributed by atoms with Gasteiger partial charge < -0.3 is 4.42 Å². The molecule has 0 saturated heterocycles. The third-order valence-corrected chi connectivity index (χ3v) is 3.50. The highest BCUT2D eigenvalue weighted by atomic mass is 35.5. The van der Waals surface area contributed by atoms with Gasteiger partial charge in [0.15, 0.2) is 0 Å². The molecule has 1 aromatic heterocycles. The average molecular weight is 318 g/mol. The molecule has 0 atom stereocenters. The molecule has 3 nitrogen and oxygen atoms in total. The number of hydrogen-bond acceptors (Lipinski definition) is 3. The number of para-hydroxylation sites is 1. The number of rotatable bonds is 2. The fourth-order valence-electron chi connectivity index (χ4n) is 1.91. The van der Waals surface area contributed by atoms with Crippen LogP contribution in [0.4, 0.5) is 5.69 Å². The average Bonchev–Trinajstić information content (AvgIpc) is 2.48. The quantitative estimate of drug-likeness (QED) is 0.634. The van der Waals surface area contributed by atoms with Crippen LogP contribution in [0.1, 0.15) is 5.56 Å². The molecule has 0 aliphatic carbocycles. The van der Waals surface area contributed by atoms with Gasteiger partial charge in [0.05, 0.1) is 21.7 Å². The molecule has 104 valence electrons. The van der Waals surface area contributed by atoms with Crippen LogP contribution in [0.5, 0.6) is 0 Å². The molecule has 1 heterocycles. The van der Waals surface area contributed by atoms with E-state index >= 15 is 0 Å². The van der Waals surface area contributed by atoms with Crippen LogP contribution < -0.4 is 5.43 Å². The lowest BCUT2D eigenvalue weighted by Gasteiger charge is -1.99. The Morgan fingerprint density at radius 3 is 2.71 bits per heavy atom. The molecule has 0 radical (unpaired) electrons. The molecule has 0 amide bonds. The van der Waals surface area contributed by atoms with Gasteiger partial charge in [0, 0.05) is 11.2 Å². The first-order valence-electron chi connectivity index (χ1n) is 6.15. The highest BCUT2D eigenvalue weighted by Gasteiger charge is 2.05. The monoisotopic (exact) mass is 317 g/mol. The summed E-state index contributed by atoms with van der Waals surface area (Å²) >= 11 is 11.9. The molecule has 0 aliphatic rings. The third kappa shape index (κ3) is 2.84. The van der Waals surface area contributed by atoms with Crippen molar-refractivity contribution in [2.45, 2.75) is 0 Å². The molecular weight excluding hydrogens is 309 g/mol. The van der Waals surface area contributed by atoms with E-state index in [1.165, 1.54) is 12.5 Å². The van der Waals surface area contributed by atoms with Gasteiger partial charge in [-0.25, -0.2) is 0 Å². The summed E-state index contributed by atoms with van der Waals surface area (Å²) in [5.74, 6) is 0. The first-order chi connectivity index (χ1) is 10.1. The van der Waals surface area contributed by atoms with Gasteiger partial charge in [-0.3, -0.25) is 9.79 Å². The fraction of sp³-hybridized carbons (Fsp3) is 0. The molecule has 0 bridgehead atoms. The molecular formula is C16H9Cl2NO2. The first kappa shape index (κ1) is 13.9. The van der Waals surface area contributed by atoms with E-state index in [2.05, 4.69) is 4.99 Å². The van der Waals surface area contributed by atoms with Gasteiger partial charge in [-0.2, -0.15) is 0 Å². The van der Waals surface area contributed by atoms with Crippen LogP contribution in [0.25, 0.3) is 11.0 Å². The lowest BCUT2D eigenvalue weighted by atomic mass is 10.2. The van der Waals surface area contributed by atoms with Gasteiger partial charge in [0.2, 0.25) is 5.43 Å². The van der Waals surface area contributed by atoms with Crippen LogP contribution in [0.3, 0.4) is 0 Å². The van der Waals surface area contributed by atoms with Crippen molar-refractivity contribution in [3.63, 3.8) is 0 Å². The van der Waals surface area contributed by atoms with Crippen molar-refractivity contribution in [2.75, 3.05) is 0 Å². The maximum absolute atomic E-state index is 12.3. The summed E-state index contributed by atoms with van der Waals surface area (Å²) in [6, 6.07) is 12.0. The van der Waals surface area contributed by atoms with Gasteiger partial charge in [-0.05, 0) is 30.3 Å². The Morgan fingerprint density at radius 1 is 1.10 bits per heavy atom. The second kappa shape index (κ2) is 5.72. The van der Waals surface area contributed by atoms with Gasteiger partial charge >= 0.3 is 0 Å². The molecule has 0 unspecified atom stereocenters. The van der Waals surface area contributed by atoms with Crippen molar-refractivity contribution < 1.29 is 4.42 Å². The van der Waals surface area contributed by atoms with Crippen molar-refractivity contribution in [1.29, 1.82) is 0 Å². The Labute approximate surface area is 130 Å². The van der Waals surface area contributed by atoms with Crippen LogP contribution in [0.2, 0.25) is 10.0 Å². The summed E-state index contributed by atoms with van der Waals surface area (Å²) in [7, 11) is 0. The van der Waals surface area contributed by atoms with Gasteiger partial charge in [-0.15, -0.1) is 0 Å². The molecule has 3 aromatic rings. The Morgan fingerprint density at radius 2 is 1.90 bits per heavy atom. The topological polar surface area (TPSA) is 42.6 Å². The molecule has 3 rings (SSSR count). The van der Waals surface area contributed by atoms with Crippen LogP contribution in [0, 0.1) is 0 Å². The third-order valence-electron chi connectivity index (χ3n) is 2.96. The summed E-state index contributed by atoms with van der Waals surface area (Å²) in [5, 5.41) is 1.47. The van der Waals surface area contributed by atoms with E-state index < -0.39 is 0 Å². The smallest absolute Gasteiger partial charge is 0.201 e. The van der Waals surface area contributed by atoms with E-state index in [4.69, 9.17) is 27.6 Å². The lowest BCUT2D eigenvalue weighted by Crippen LogP contribution is -2.07. The normalized spacial score (nSPS) is 11.3. The van der Waals surface area contributed by atoms with E-state index in [1.54, 1.807) is 36.4 Å². The van der Waals surface area contributed by atoms with E-state index in [9.17, 15) is 4.79 Å². The maximum atomic E-state index is 12.3. The predicted molar refractivity (Wildman–Crippen MR) is 86.2 cm³/mol. The second-order valence-electron chi connectivity index (χ2n) is 4.37. The zero-order valence-corrected chi connectivity index (χ0v) is 12.2. The van der Waals surface area contributed by atoms with Gasteiger partial charge in [0.1, 0.15) is 11.8 Å². The molecule has 0 saturated carbocycles. The van der Waals surface area contributed by atoms with Crippen molar-refractivity contribution in [1.82, 2.24) is 0 Å². The summed E-state index contributed by atoms with van der Waals surface area (Å²) < 4.78 is 5.42. The van der Waals surface area contributed by atoms with E-state index in [1.807, 2.05) is 6.07 Å². The predicted octanol–water partition coefficient (Wildman–Crippen LogP) is 4.85. The standard InChI is InChI=1S/C16H9Cl2NO2/c17-11-5-6-14(13(18)7-11)19-8-10-9-21-15-4-2-1-3-12(15)16(10)20/h1-9H. The number of halogens is 2. The summed E-state index contributed by atoms with van der Waals surface area (Å²) in [6.07, 6.45) is 2.82. The van der Waals surface area contributed by atoms with Crippen molar-refractivity contribution in [3.05, 3.63) is 74.6 Å². The van der Waals surface area contributed by atoms with Crippen LogP contribution in [0.15, 0.2) is 62.9 Å². The Balaban J connectivity index is 2.03. The van der Waals surface area contributed by atoms with E-state index in [0.717, 1.165) is 0 Å². The number of benzene rings is 2. The number of aliphatic imine (C=N–C) groups is 1.